The van der Waals surface area contributed by atoms with Gasteiger partial charge in [0.25, 0.3) is 0 Å². The molecule has 0 aromatic carbocycles. The number of Topliss-reactive ketones (excluding diaryl/α,β-unsaturated/α-hetero) is 1. The van der Waals surface area contributed by atoms with Crippen molar-refractivity contribution in [2.45, 2.75) is 26.2 Å². The molecule has 2 aliphatic rings. The molecule has 0 aromatic rings. The predicted octanol–water partition coefficient (Wildman–Crippen LogP) is 1.39. The summed E-state index contributed by atoms with van der Waals surface area (Å²) in [5.74, 6) is 0.762. The smallest absolute Gasteiger partial charge is 0.133 e. The Kier molecular flexibility index (Phi) is 1.53. The van der Waals surface area contributed by atoms with E-state index in [1.54, 1.807) is 6.92 Å². The van der Waals surface area contributed by atoms with E-state index in [1.807, 2.05) is 0 Å². The third-order valence-corrected chi connectivity index (χ3v) is 3.17. The molecule has 0 amide bonds. The molecular weight excluding hydrogens is 140 g/mol. The Morgan fingerprint density at radius 3 is 2.55 bits per heavy atom. The summed E-state index contributed by atoms with van der Waals surface area (Å²) in [7, 11) is 0. The maximum absolute atomic E-state index is 11.0. The van der Waals surface area contributed by atoms with Gasteiger partial charge < -0.3 is 4.74 Å². The molecule has 1 aliphatic carbocycles. The number of carbonyl (C=O) groups excluding carboxylic acids is 1. The molecule has 0 N–H and O–H groups in total. The topological polar surface area (TPSA) is 26.3 Å². The lowest BCUT2D eigenvalue weighted by molar-refractivity contribution is -0.119. The first-order valence-electron chi connectivity index (χ1n) is 4.33. The molecular formula is C9H14O2. The average Bonchev–Trinajstić information content (AvgIpc) is 2.66. The van der Waals surface area contributed by atoms with Gasteiger partial charge in [-0.3, -0.25) is 4.79 Å². The largest absolute Gasteiger partial charge is 0.381 e. The molecule has 1 heterocycles. The highest BCUT2D eigenvalue weighted by molar-refractivity contribution is 5.82. The van der Waals surface area contributed by atoms with Crippen LogP contribution in [0.3, 0.4) is 0 Å². The van der Waals surface area contributed by atoms with E-state index in [0.29, 0.717) is 17.1 Å². The van der Waals surface area contributed by atoms with Crippen LogP contribution in [0.25, 0.3) is 0 Å². The highest BCUT2D eigenvalue weighted by Gasteiger charge is 2.56. The second-order valence-electron chi connectivity index (χ2n) is 3.84. The molecule has 0 bridgehead atoms. The Hall–Kier alpha value is -0.370. The first-order chi connectivity index (χ1) is 5.25. The third-order valence-electron chi connectivity index (χ3n) is 3.17. The van der Waals surface area contributed by atoms with Crippen molar-refractivity contribution in [1.82, 2.24) is 0 Å². The highest BCUT2D eigenvalue weighted by atomic mass is 16.5. The number of hydrogen-bond donors (Lipinski definition) is 0. The van der Waals surface area contributed by atoms with Crippen molar-refractivity contribution in [3.05, 3.63) is 0 Å². The van der Waals surface area contributed by atoms with Crippen LogP contribution in [0.4, 0.5) is 0 Å². The maximum atomic E-state index is 11.0. The number of hydrogen-bond acceptors (Lipinski definition) is 2. The second-order valence-corrected chi connectivity index (χ2v) is 3.84. The van der Waals surface area contributed by atoms with E-state index in [-0.39, 0.29) is 0 Å². The van der Waals surface area contributed by atoms with Crippen molar-refractivity contribution in [2.24, 2.45) is 11.3 Å². The van der Waals surface area contributed by atoms with Gasteiger partial charge >= 0.3 is 0 Å². The quantitative estimate of drug-likeness (QED) is 0.570. The number of rotatable bonds is 1. The van der Waals surface area contributed by atoms with Crippen molar-refractivity contribution < 1.29 is 9.53 Å². The SMILES string of the molecule is CC(=O)[C@H]1CC12CCOCC2. The average molecular weight is 154 g/mol. The Morgan fingerprint density at radius 2 is 2.09 bits per heavy atom. The van der Waals surface area contributed by atoms with Crippen molar-refractivity contribution in [3.8, 4) is 0 Å². The first kappa shape index (κ1) is 7.29. The van der Waals surface area contributed by atoms with Gasteiger partial charge in [0.2, 0.25) is 0 Å². The molecule has 1 atom stereocenters. The molecule has 2 rings (SSSR count). The van der Waals surface area contributed by atoms with E-state index >= 15 is 0 Å². The van der Waals surface area contributed by atoms with Crippen LogP contribution in [0.5, 0.6) is 0 Å². The van der Waals surface area contributed by atoms with E-state index in [1.165, 1.54) is 0 Å². The third kappa shape index (κ3) is 1.09. The minimum Gasteiger partial charge on any atom is -0.381 e. The van der Waals surface area contributed by atoms with E-state index in [0.717, 1.165) is 32.5 Å². The van der Waals surface area contributed by atoms with Crippen LogP contribution in [0, 0.1) is 11.3 Å². The lowest BCUT2D eigenvalue weighted by atomic mass is 9.93. The van der Waals surface area contributed by atoms with Crippen molar-refractivity contribution in [3.63, 3.8) is 0 Å². The Bertz CT molecular complexity index is 180. The van der Waals surface area contributed by atoms with Crippen LogP contribution >= 0.6 is 0 Å². The zero-order chi connectivity index (χ0) is 7.90. The summed E-state index contributed by atoms with van der Waals surface area (Å²) in [5, 5.41) is 0. The number of carbonyl (C=O) groups is 1. The van der Waals surface area contributed by atoms with Crippen LogP contribution in [-0.2, 0) is 9.53 Å². The maximum Gasteiger partial charge on any atom is 0.133 e. The van der Waals surface area contributed by atoms with Gasteiger partial charge in [-0.05, 0) is 31.6 Å². The van der Waals surface area contributed by atoms with E-state index in [9.17, 15) is 4.79 Å². The van der Waals surface area contributed by atoms with Gasteiger partial charge in [-0.15, -0.1) is 0 Å². The molecule has 2 heteroatoms. The summed E-state index contributed by atoms with van der Waals surface area (Å²) in [6.45, 7) is 3.45. The molecule has 2 nitrogen and oxygen atoms in total. The molecule has 1 saturated heterocycles. The molecule has 1 saturated carbocycles. The number of ether oxygens (including phenoxy) is 1. The fourth-order valence-electron chi connectivity index (χ4n) is 2.25. The first-order valence-corrected chi connectivity index (χ1v) is 4.33. The van der Waals surface area contributed by atoms with Gasteiger partial charge in [-0.1, -0.05) is 0 Å². The van der Waals surface area contributed by atoms with Gasteiger partial charge in [-0.25, -0.2) is 0 Å². The zero-order valence-electron chi connectivity index (χ0n) is 6.93. The van der Waals surface area contributed by atoms with Crippen molar-refractivity contribution in [2.75, 3.05) is 13.2 Å². The highest BCUT2D eigenvalue weighted by Crippen LogP contribution is 2.59. The van der Waals surface area contributed by atoms with Crippen LogP contribution in [0.2, 0.25) is 0 Å². The van der Waals surface area contributed by atoms with Gasteiger partial charge in [-0.2, -0.15) is 0 Å². The van der Waals surface area contributed by atoms with E-state index in [4.69, 9.17) is 4.74 Å². The molecule has 0 radical (unpaired) electrons. The summed E-state index contributed by atoms with van der Waals surface area (Å²) in [6.07, 6.45) is 3.35. The second kappa shape index (κ2) is 2.31. The summed E-state index contributed by atoms with van der Waals surface area (Å²) >= 11 is 0. The molecule has 62 valence electrons. The lowest BCUT2D eigenvalue weighted by Gasteiger charge is -2.21. The molecule has 11 heavy (non-hydrogen) atoms. The van der Waals surface area contributed by atoms with Crippen molar-refractivity contribution in [1.29, 1.82) is 0 Å². The monoisotopic (exact) mass is 154 g/mol. The van der Waals surface area contributed by atoms with Crippen molar-refractivity contribution >= 4 is 5.78 Å². The molecule has 0 unspecified atom stereocenters. The summed E-state index contributed by atoms with van der Waals surface area (Å²) in [4.78, 5) is 11.0. The van der Waals surface area contributed by atoms with Crippen LogP contribution in [-0.4, -0.2) is 19.0 Å². The standard InChI is InChI=1S/C9H14O2/c1-7(10)8-6-9(8)2-4-11-5-3-9/h8H,2-6H2,1H3/t8-/m1/s1. The summed E-state index contributed by atoms with van der Waals surface area (Å²) in [6, 6.07) is 0. The number of ketones is 1. The zero-order valence-corrected chi connectivity index (χ0v) is 6.93. The van der Waals surface area contributed by atoms with Gasteiger partial charge in [0.05, 0.1) is 0 Å². The molecule has 1 aliphatic heterocycles. The fourth-order valence-corrected chi connectivity index (χ4v) is 2.25. The van der Waals surface area contributed by atoms with E-state index in [2.05, 4.69) is 0 Å². The molecule has 1 spiro atoms. The van der Waals surface area contributed by atoms with Gasteiger partial charge in [0.1, 0.15) is 5.78 Å². The van der Waals surface area contributed by atoms with Crippen LogP contribution in [0.15, 0.2) is 0 Å². The minimum absolute atomic E-state index is 0.381. The van der Waals surface area contributed by atoms with Gasteiger partial charge in [0, 0.05) is 19.1 Å². The lowest BCUT2D eigenvalue weighted by Crippen LogP contribution is -2.20. The van der Waals surface area contributed by atoms with Crippen LogP contribution < -0.4 is 0 Å². The predicted molar refractivity (Wildman–Crippen MR) is 41.3 cm³/mol. The van der Waals surface area contributed by atoms with Crippen LogP contribution in [0.1, 0.15) is 26.2 Å². The fraction of sp³-hybridized carbons (Fsp3) is 0.889. The normalized spacial score (nSPS) is 33.7. The molecule has 0 aromatic heterocycles. The van der Waals surface area contributed by atoms with E-state index < -0.39 is 0 Å². The summed E-state index contributed by atoms with van der Waals surface area (Å²) in [5.41, 5.74) is 0.393. The summed E-state index contributed by atoms with van der Waals surface area (Å²) < 4.78 is 5.26. The Morgan fingerprint density at radius 1 is 1.45 bits per heavy atom. The van der Waals surface area contributed by atoms with Gasteiger partial charge in [0.15, 0.2) is 0 Å². The Balaban J connectivity index is 1.99. The molecule has 2 fully saturated rings. The minimum atomic E-state index is 0.381. The Labute approximate surface area is 66.9 Å².